The van der Waals surface area contributed by atoms with E-state index >= 15 is 0 Å². The Morgan fingerprint density at radius 1 is 0.970 bits per heavy atom. The Labute approximate surface area is 202 Å². The summed E-state index contributed by atoms with van der Waals surface area (Å²) < 4.78 is 11.4. The van der Waals surface area contributed by atoms with Crippen molar-refractivity contribution in [2.24, 2.45) is 0 Å². The summed E-state index contributed by atoms with van der Waals surface area (Å²) in [7, 11) is 1.53. The lowest BCUT2D eigenvalue weighted by molar-refractivity contribution is -0.122. The molecule has 0 atom stereocenters. The van der Waals surface area contributed by atoms with E-state index < -0.39 is 0 Å². The number of hydrogen-bond donors (Lipinski definition) is 0. The van der Waals surface area contributed by atoms with Gasteiger partial charge < -0.3 is 9.47 Å². The first-order valence-electron chi connectivity index (χ1n) is 10.4. The third kappa shape index (κ3) is 5.59. The lowest BCUT2D eigenvalue weighted by atomic mass is 10.1. The lowest BCUT2D eigenvalue weighted by Crippen LogP contribution is -2.30. The topological polar surface area (TPSA) is 55.8 Å². The summed E-state index contributed by atoms with van der Waals surface area (Å²) in [5, 5.41) is 0.0860. The van der Waals surface area contributed by atoms with Gasteiger partial charge in [-0.2, -0.15) is 0 Å². The number of nitrogens with zero attached hydrogens (tertiary/aromatic N) is 1. The number of amides is 2. The molecule has 33 heavy (non-hydrogen) atoms. The molecule has 0 aliphatic carbocycles. The van der Waals surface area contributed by atoms with Gasteiger partial charge >= 0.3 is 0 Å². The standard InChI is InChI=1S/C26H22ClNO4S/c1-31-22-15-20(14-21(27)24(22)32-17-19-10-6-3-7-11-19)16-23-25(29)28(26(30)33-23)13-12-18-8-4-2-5-9-18/h2-11,14-16H,12-13,17H2,1H3/b23-16-. The van der Waals surface area contributed by atoms with Gasteiger partial charge in [-0.25, -0.2) is 0 Å². The number of carbonyl (C=O) groups is 2. The van der Waals surface area contributed by atoms with Crippen LogP contribution in [-0.4, -0.2) is 29.7 Å². The molecule has 3 aromatic carbocycles. The molecule has 0 N–H and O–H groups in total. The maximum atomic E-state index is 12.8. The normalized spacial score (nSPS) is 14.7. The highest BCUT2D eigenvalue weighted by atomic mass is 35.5. The summed E-state index contributed by atoms with van der Waals surface area (Å²) in [5.74, 6) is 0.574. The second-order valence-electron chi connectivity index (χ2n) is 7.38. The van der Waals surface area contributed by atoms with Crippen molar-refractivity contribution in [3.8, 4) is 11.5 Å². The Hall–Kier alpha value is -3.22. The third-order valence-corrected chi connectivity index (χ3v) is 6.30. The molecule has 0 radical (unpaired) electrons. The molecular formula is C26H22ClNO4S. The Bertz CT molecular complexity index is 1180. The number of methoxy groups -OCH3 is 1. The van der Waals surface area contributed by atoms with Gasteiger partial charge in [0.05, 0.1) is 17.0 Å². The molecular weight excluding hydrogens is 458 g/mol. The summed E-state index contributed by atoms with van der Waals surface area (Å²) in [6.45, 7) is 0.679. The van der Waals surface area contributed by atoms with E-state index in [-0.39, 0.29) is 11.1 Å². The zero-order valence-electron chi connectivity index (χ0n) is 18.0. The van der Waals surface area contributed by atoms with Gasteiger partial charge in [-0.05, 0) is 53.1 Å². The number of hydrogen-bond acceptors (Lipinski definition) is 5. The van der Waals surface area contributed by atoms with Crippen molar-refractivity contribution in [3.63, 3.8) is 0 Å². The number of rotatable bonds is 8. The Kier molecular flexibility index (Phi) is 7.37. The first-order chi connectivity index (χ1) is 16.0. The second-order valence-corrected chi connectivity index (χ2v) is 8.78. The van der Waals surface area contributed by atoms with Crippen LogP contribution >= 0.6 is 23.4 Å². The lowest BCUT2D eigenvalue weighted by Gasteiger charge is -2.14. The third-order valence-electron chi connectivity index (χ3n) is 5.12. The van der Waals surface area contributed by atoms with Crippen LogP contribution in [0.5, 0.6) is 11.5 Å². The van der Waals surface area contributed by atoms with Gasteiger partial charge in [0.1, 0.15) is 6.61 Å². The van der Waals surface area contributed by atoms with Gasteiger partial charge in [0.15, 0.2) is 11.5 Å². The van der Waals surface area contributed by atoms with E-state index in [1.54, 1.807) is 18.2 Å². The SMILES string of the molecule is COc1cc(/C=C2\SC(=O)N(CCc3ccccc3)C2=O)cc(Cl)c1OCc1ccccc1. The Balaban J connectivity index is 1.49. The van der Waals surface area contributed by atoms with Crippen LogP contribution in [0.2, 0.25) is 5.02 Å². The van der Waals surface area contributed by atoms with Crippen molar-refractivity contribution in [3.05, 3.63) is 99.4 Å². The van der Waals surface area contributed by atoms with Crippen LogP contribution in [-0.2, 0) is 17.8 Å². The minimum absolute atomic E-state index is 0.275. The van der Waals surface area contributed by atoms with E-state index in [4.69, 9.17) is 21.1 Å². The molecule has 0 aromatic heterocycles. The quantitative estimate of drug-likeness (QED) is 0.360. The minimum atomic E-state index is -0.305. The highest BCUT2D eigenvalue weighted by Gasteiger charge is 2.34. The molecule has 1 aliphatic rings. The van der Waals surface area contributed by atoms with Crippen molar-refractivity contribution in [1.29, 1.82) is 0 Å². The Morgan fingerprint density at radius 3 is 2.30 bits per heavy atom. The molecule has 7 heteroatoms. The number of halogens is 1. The molecule has 1 fully saturated rings. The summed E-state index contributed by atoms with van der Waals surface area (Å²) >= 11 is 7.40. The molecule has 0 saturated carbocycles. The molecule has 1 heterocycles. The molecule has 4 rings (SSSR count). The average Bonchev–Trinajstić information content (AvgIpc) is 3.10. The number of imide groups is 1. The maximum absolute atomic E-state index is 12.8. The number of thioether (sulfide) groups is 1. The highest BCUT2D eigenvalue weighted by molar-refractivity contribution is 8.18. The predicted octanol–water partition coefficient (Wildman–Crippen LogP) is 6.21. The van der Waals surface area contributed by atoms with Crippen molar-refractivity contribution >= 4 is 40.6 Å². The molecule has 5 nitrogen and oxygen atoms in total. The largest absolute Gasteiger partial charge is 0.493 e. The summed E-state index contributed by atoms with van der Waals surface area (Å²) in [5.41, 5.74) is 2.73. The molecule has 168 valence electrons. The van der Waals surface area contributed by atoms with Crippen LogP contribution < -0.4 is 9.47 Å². The number of carbonyl (C=O) groups excluding carboxylic acids is 2. The van der Waals surface area contributed by atoms with Gasteiger partial charge in [-0.3, -0.25) is 14.5 Å². The van der Waals surface area contributed by atoms with E-state index in [2.05, 4.69) is 0 Å². The molecule has 1 aliphatic heterocycles. The van der Waals surface area contributed by atoms with Crippen molar-refractivity contribution in [1.82, 2.24) is 4.90 Å². The van der Waals surface area contributed by atoms with E-state index in [0.717, 1.165) is 22.9 Å². The van der Waals surface area contributed by atoms with E-state index in [0.29, 0.717) is 46.6 Å². The molecule has 0 spiro atoms. The van der Waals surface area contributed by atoms with E-state index in [1.165, 1.54) is 12.0 Å². The first kappa shape index (κ1) is 23.0. The maximum Gasteiger partial charge on any atom is 0.293 e. The fourth-order valence-electron chi connectivity index (χ4n) is 3.42. The minimum Gasteiger partial charge on any atom is -0.493 e. The van der Waals surface area contributed by atoms with Crippen molar-refractivity contribution < 1.29 is 19.1 Å². The van der Waals surface area contributed by atoms with Gasteiger partial charge in [0, 0.05) is 6.54 Å². The van der Waals surface area contributed by atoms with Crippen LogP contribution in [0, 0.1) is 0 Å². The summed E-state index contributed by atoms with van der Waals surface area (Å²) in [4.78, 5) is 26.9. The van der Waals surface area contributed by atoms with Gasteiger partial charge in [-0.1, -0.05) is 72.3 Å². The first-order valence-corrected chi connectivity index (χ1v) is 11.6. The van der Waals surface area contributed by atoms with E-state index in [9.17, 15) is 9.59 Å². The fourth-order valence-corrected chi connectivity index (χ4v) is 4.56. The monoisotopic (exact) mass is 479 g/mol. The average molecular weight is 480 g/mol. The number of ether oxygens (including phenoxy) is 2. The van der Waals surface area contributed by atoms with Crippen LogP contribution in [0.3, 0.4) is 0 Å². The Morgan fingerprint density at radius 2 is 1.64 bits per heavy atom. The van der Waals surface area contributed by atoms with Crippen molar-refractivity contribution in [2.75, 3.05) is 13.7 Å². The smallest absolute Gasteiger partial charge is 0.293 e. The van der Waals surface area contributed by atoms with Gasteiger partial charge in [0.25, 0.3) is 11.1 Å². The van der Waals surface area contributed by atoms with Crippen molar-refractivity contribution in [2.45, 2.75) is 13.0 Å². The van der Waals surface area contributed by atoms with Gasteiger partial charge in [-0.15, -0.1) is 0 Å². The molecule has 3 aromatic rings. The predicted molar refractivity (Wildman–Crippen MR) is 132 cm³/mol. The number of benzene rings is 3. The summed E-state index contributed by atoms with van der Waals surface area (Å²) in [6.07, 6.45) is 2.27. The highest BCUT2D eigenvalue weighted by Crippen LogP contribution is 2.39. The molecule has 0 bridgehead atoms. The van der Waals surface area contributed by atoms with Gasteiger partial charge in [0.2, 0.25) is 0 Å². The summed E-state index contributed by atoms with van der Waals surface area (Å²) in [6, 6.07) is 22.9. The zero-order chi connectivity index (χ0) is 23.2. The molecule has 1 saturated heterocycles. The second kappa shape index (κ2) is 10.6. The van der Waals surface area contributed by atoms with Crippen LogP contribution in [0.1, 0.15) is 16.7 Å². The van der Waals surface area contributed by atoms with Crippen LogP contribution in [0.15, 0.2) is 77.7 Å². The van der Waals surface area contributed by atoms with Crippen LogP contribution in [0.25, 0.3) is 6.08 Å². The van der Waals surface area contributed by atoms with Crippen LogP contribution in [0.4, 0.5) is 4.79 Å². The zero-order valence-corrected chi connectivity index (χ0v) is 19.6. The molecule has 0 unspecified atom stereocenters. The fraction of sp³-hybridized carbons (Fsp3) is 0.154. The molecule has 2 amide bonds. The van der Waals surface area contributed by atoms with E-state index in [1.807, 2.05) is 60.7 Å².